The Bertz CT molecular complexity index is 923. The average molecular weight is 378 g/mol. The zero-order chi connectivity index (χ0) is 19.7. The predicted molar refractivity (Wildman–Crippen MR) is 99.2 cm³/mol. The molecular formula is C21H18N2O5. The summed E-state index contributed by atoms with van der Waals surface area (Å²) in [4.78, 5) is 47.7. The van der Waals surface area contributed by atoms with Crippen molar-refractivity contribution in [1.82, 2.24) is 10.2 Å². The number of amides is 4. The van der Waals surface area contributed by atoms with E-state index >= 15 is 0 Å². The number of hydrogen-bond donors (Lipinski definition) is 1. The molecule has 1 saturated heterocycles. The Labute approximate surface area is 161 Å². The van der Waals surface area contributed by atoms with Gasteiger partial charge in [0.2, 0.25) is 11.8 Å². The topological polar surface area (TPSA) is 92.8 Å². The first-order valence-corrected chi connectivity index (χ1v) is 9.03. The van der Waals surface area contributed by atoms with E-state index in [1.54, 1.807) is 0 Å². The molecule has 1 fully saturated rings. The van der Waals surface area contributed by atoms with Crippen LogP contribution in [0.15, 0.2) is 48.5 Å². The summed E-state index contributed by atoms with van der Waals surface area (Å²) >= 11 is 0. The van der Waals surface area contributed by atoms with Gasteiger partial charge in [0.15, 0.2) is 0 Å². The molecule has 142 valence electrons. The number of likely N-dealkylation sites (tertiary alicyclic amines) is 1. The van der Waals surface area contributed by atoms with Crippen molar-refractivity contribution in [2.75, 3.05) is 13.2 Å². The van der Waals surface area contributed by atoms with Gasteiger partial charge in [-0.3, -0.25) is 14.4 Å². The van der Waals surface area contributed by atoms with Crippen LogP contribution in [-0.2, 0) is 19.1 Å². The molecule has 0 spiro atoms. The van der Waals surface area contributed by atoms with Gasteiger partial charge in [-0.05, 0) is 22.3 Å². The Morgan fingerprint density at radius 2 is 1.46 bits per heavy atom. The number of carbonyl (C=O) groups excluding carboxylic acids is 4. The van der Waals surface area contributed by atoms with E-state index in [1.165, 1.54) is 0 Å². The van der Waals surface area contributed by atoms with Gasteiger partial charge in [-0.1, -0.05) is 48.5 Å². The zero-order valence-electron chi connectivity index (χ0n) is 15.0. The molecule has 7 heteroatoms. The zero-order valence-corrected chi connectivity index (χ0v) is 15.0. The number of nitrogens with one attached hydrogen (secondary N) is 1. The van der Waals surface area contributed by atoms with Crippen LogP contribution < -0.4 is 5.32 Å². The quantitative estimate of drug-likeness (QED) is 0.824. The van der Waals surface area contributed by atoms with Crippen molar-refractivity contribution in [1.29, 1.82) is 0 Å². The number of ether oxygens (including phenoxy) is 1. The molecule has 7 nitrogen and oxygen atoms in total. The summed E-state index contributed by atoms with van der Waals surface area (Å²) in [5.41, 5.74) is 4.41. The van der Waals surface area contributed by atoms with Gasteiger partial charge in [0.05, 0.1) is 0 Å². The number of rotatable bonds is 4. The van der Waals surface area contributed by atoms with E-state index in [0.29, 0.717) is 4.90 Å². The van der Waals surface area contributed by atoms with Gasteiger partial charge in [0.1, 0.15) is 13.2 Å². The van der Waals surface area contributed by atoms with E-state index in [2.05, 4.69) is 5.32 Å². The molecule has 0 saturated carbocycles. The van der Waals surface area contributed by atoms with Crippen LogP contribution in [0.1, 0.15) is 29.9 Å². The van der Waals surface area contributed by atoms with Crippen LogP contribution in [0.4, 0.5) is 4.79 Å². The maximum atomic E-state index is 12.0. The smallest absolute Gasteiger partial charge is 0.407 e. The number of benzene rings is 2. The monoisotopic (exact) mass is 378 g/mol. The van der Waals surface area contributed by atoms with Gasteiger partial charge in [0.25, 0.3) is 5.91 Å². The fourth-order valence-corrected chi connectivity index (χ4v) is 3.73. The summed E-state index contributed by atoms with van der Waals surface area (Å²) in [5.74, 6) is -1.91. The van der Waals surface area contributed by atoms with Crippen molar-refractivity contribution in [3.8, 4) is 11.1 Å². The summed E-state index contributed by atoms with van der Waals surface area (Å²) in [7, 11) is 0. The Morgan fingerprint density at radius 3 is 2.04 bits per heavy atom. The lowest BCUT2D eigenvalue weighted by Gasteiger charge is -2.15. The summed E-state index contributed by atoms with van der Waals surface area (Å²) in [6.07, 6.45) is -0.722. The molecule has 0 radical (unpaired) electrons. The summed E-state index contributed by atoms with van der Waals surface area (Å²) < 4.78 is 5.32. The van der Waals surface area contributed by atoms with Crippen LogP contribution in [0.2, 0.25) is 0 Å². The third-order valence-corrected chi connectivity index (χ3v) is 5.03. The fraction of sp³-hybridized carbons (Fsp3) is 0.238. The van der Waals surface area contributed by atoms with Crippen molar-refractivity contribution >= 4 is 23.8 Å². The third-order valence-electron chi connectivity index (χ3n) is 5.03. The van der Waals surface area contributed by atoms with Gasteiger partial charge in [0, 0.05) is 18.8 Å². The van der Waals surface area contributed by atoms with E-state index in [9.17, 15) is 19.2 Å². The number of hydrogen-bond acceptors (Lipinski definition) is 5. The van der Waals surface area contributed by atoms with Crippen molar-refractivity contribution in [3.63, 3.8) is 0 Å². The third kappa shape index (κ3) is 3.15. The second kappa shape index (κ2) is 7.26. The number of carbonyl (C=O) groups is 4. The minimum atomic E-state index is -0.769. The fourth-order valence-electron chi connectivity index (χ4n) is 3.73. The highest BCUT2D eigenvalue weighted by Crippen LogP contribution is 2.44. The van der Waals surface area contributed by atoms with Crippen LogP contribution in [0.25, 0.3) is 11.1 Å². The summed E-state index contributed by atoms with van der Waals surface area (Å²) in [5, 5.41) is 2.32. The molecule has 4 amide bonds. The van der Waals surface area contributed by atoms with E-state index in [-0.39, 0.29) is 25.4 Å². The number of imide groups is 3. The van der Waals surface area contributed by atoms with Crippen molar-refractivity contribution < 1.29 is 23.9 Å². The van der Waals surface area contributed by atoms with Gasteiger partial charge in [-0.25, -0.2) is 9.69 Å². The van der Waals surface area contributed by atoms with Crippen molar-refractivity contribution in [2.24, 2.45) is 0 Å². The molecule has 1 aliphatic heterocycles. The summed E-state index contributed by atoms with van der Waals surface area (Å²) in [6, 6.07) is 15.9. The molecule has 2 aliphatic rings. The van der Waals surface area contributed by atoms with Crippen LogP contribution >= 0.6 is 0 Å². The molecule has 4 rings (SSSR count). The lowest BCUT2D eigenvalue weighted by molar-refractivity contribution is -0.148. The Hall–Kier alpha value is -3.48. The van der Waals surface area contributed by atoms with Gasteiger partial charge >= 0.3 is 6.09 Å². The second-order valence-electron chi connectivity index (χ2n) is 6.70. The maximum absolute atomic E-state index is 12.0. The van der Waals surface area contributed by atoms with Crippen molar-refractivity contribution in [2.45, 2.75) is 18.8 Å². The van der Waals surface area contributed by atoms with E-state index in [0.717, 1.165) is 22.3 Å². The highest BCUT2D eigenvalue weighted by Gasteiger charge is 2.34. The Morgan fingerprint density at radius 1 is 0.929 bits per heavy atom. The first-order chi connectivity index (χ1) is 13.6. The molecule has 2 aromatic carbocycles. The van der Waals surface area contributed by atoms with Crippen LogP contribution in [-0.4, -0.2) is 41.9 Å². The summed E-state index contributed by atoms with van der Waals surface area (Å²) in [6.45, 7) is -0.343. The van der Waals surface area contributed by atoms with Gasteiger partial charge in [-0.2, -0.15) is 0 Å². The molecule has 0 aromatic heterocycles. The van der Waals surface area contributed by atoms with Crippen molar-refractivity contribution in [3.05, 3.63) is 59.7 Å². The minimum absolute atomic E-state index is 0.0233. The number of fused-ring (bicyclic) bond motifs is 3. The van der Waals surface area contributed by atoms with Gasteiger partial charge < -0.3 is 10.1 Å². The molecule has 0 unspecified atom stereocenters. The van der Waals surface area contributed by atoms with Crippen LogP contribution in [0.5, 0.6) is 0 Å². The van der Waals surface area contributed by atoms with E-state index in [1.807, 2.05) is 48.5 Å². The molecule has 28 heavy (non-hydrogen) atoms. The first-order valence-electron chi connectivity index (χ1n) is 9.03. The minimum Gasteiger partial charge on any atom is -0.449 e. The Balaban J connectivity index is 1.37. The normalized spacial score (nSPS) is 15.4. The van der Waals surface area contributed by atoms with Gasteiger partial charge in [-0.15, -0.1) is 0 Å². The molecule has 0 atom stereocenters. The van der Waals surface area contributed by atoms with E-state index < -0.39 is 30.4 Å². The van der Waals surface area contributed by atoms with E-state index in [4.69, 9.17) is 4.74 Å². The van der Waals surface area contributed by atoms with Crippen LogP contribution in [0, 0.1) is 0 Å². The molecule has 2 aromatic rings. The molecule has 1 heterocycles. The van der Waals surface area contributed by atoms with Crippen LogP contribution in [0.3, 0.4) is 0 Å². The second-order valence-corrected chi connectivity index (χ2v) is 6.70. The molecule has 0 bridgehead atoms. The highest BCUT2D eigenvalue weighted by molar-refractivity contribution is 6.15. The molecular weight excluding hydrogens is 360 g/mol. The number of alkyl carbamates (subject to hydrolysis) is 1. The molecule has 1 N–H and O–H groups in total. The lowest BCUT2D eigenvalue weighted by atomic mass is 9.98. The lowest BCUT2D eigenvalue weighted by Crippen LogP contribution is -2.43. The highest BCUT2D eigenvalue weighted by atomic mass is 16.5. The SMILES string of the molecule is O=C(NCC(=O)N1C(=O)CCC1=O)OCC1c2ccccc2-c2ccccc21. The average Bonchev–Trinajstić information content (AvgIpc) is 3.21. The largest absolute Gasteiger partial charge is 0.449 e. The Kier molecular flexibility index (Phi) is 4.65. The number of nitrogens with zero attached hydrogens (tertiary/aromatic N) is 1. The first kappa shape index (κ1) is 17.9. The maximum Gasteiger partial charge on any atom is 0.407 e. The molecule has 1 aliphatic carbocycles. The predicted octanol–water partition coefficient (Wildman–Crippen LogP) is 2.20. The standard InChI is InChI=1S/C21H18N2O5/c24-18-9-10-19(25)23(18)20(26)11-22-21(27)28-12-17-15-7-3-1-5-13(15)14-6-2-4-8-16(14)17/h1-8,17H,9-12H2,(H,22,27).